The molecule has 9 heteroatoms. The summed E-state index contributed by atoms with van der Waals surface area (Å²) in [5.41, 5.74) is 4.59. The summed E-state index contributed by atoms with van der Waals surface area (Å²) in [5.74, 6) is -0.317. The van der Waals surface area contributed by atoms with E-state index in [1.54, 1.807) is 36.4 Å². The van der Waals surface area contributed by atoms with Crippen molar-refractivity contribution < 1.29 is 33.8 Å². The Bertz CT molecular complexity index is 3650. The number of carbonyl (C=O) groups excluding carboxylic acids is 3. The first-order chi connectivity index (χ1) is 40.7. The van der Waals surface area contributed by atoms with Crippen LogP contribution in [0.15, 0.2) is 303 Å². The van der Waals surface area contributed by atoms with E-state index in [1.807, 2.05) is 262 Å². The second kappa shape index (κ2) is 30.3. The standard InChI is InChI=1S/C37H31O3P.C27H23O2P.C10H10O2/c1-2-15-29-24-26-31(27-25-29)35(38)36(37(39)40-28-30-16-7-3-8-17-30)41(32-18-9-4-10-19-32,33-20-11-5-12-21-33)34-22-13-6-14-23-34;28-27(29-21-23-13-5-1-6-14-23)22-30(24-15-7-2-8-16-24,25-17-9-3-10-18-25)26-19-11-4-12-20-26;1-2-3-8-4-6-9(7-5-8)10(11)12/h2-27H,28H2,1H3;1-20,22H,21H2;2-7H,1H3,(H,11,12)/b15-2+;;3-2+. The van der Waals surface area contributed by atoms with E-state index in [2.05, 4.69) is 36.4 Å². The SMILES string of the molecule is C/C=C/c1ccc(C(=O)C(C(=O)OCc2ccccc2)=P(c2ccccc2)(c2ccccc2)c2ccccc2)cc1.C/C=C/c1ccc(C(=O)O)cc1.O=C(C=P(c1ccccc1)(c1ccccc1)c1ccccc1)OCc1ccccc1. The van der Waals surface area contributed by atoms with E-state index in [9.17, 15) is 19.2 Å². The van der Waals surface area contributed by atoms with Crippen molar-refractivity contribution in [2.75, 3.05) is 0 Å². The van der Waals surface area contributed by atoms with Crippen molar-refractivity contribution >= 4 is 92.5 Å². The highest BCUT2D eigenvalue weighted by atomic mass is 31.2. The van der Waals surface area contributed by atoms with E-state index < -0.39 is 25.7 Å². The summed E-state index contributed by atoms with van der Waals surface area (Å²) in [7, 11) is 0. The van der Waals surface area contributed by atoms with Gasteiger partial charge in [-0.05, 0) is 93.8 Å². The molecule has 10 aromatic carbocycles. The Morgan fingerprint density at radius 3 is 1.00 bits per heavy atom. The molecule has 0 bridgehead atoms. The Morgan fingerprint density at radius 1 is 0.373 bits per heavy atom. The van der Waals surface area contributed by atoms with Crippen LogP contribution in [0.25, 0.3) is 12.2 Å². The Morgan fingerprint density at radius 2 is 0.675 bits per heavy atom. The Labute approximate surface area is 487 Å². The zero-order valence-corrected chi connectivity index (χ0v) is 48.1. The van der Waals surface area contributed by atoms with Crippen LogP contribution in [0.1, 0.15) is 56.8 Å². The van der Waals surface area contributed by atoms with Crippen LogP contribution in [0.2, 0.25) is 0 Å². The molecule has 7 nitrogen and oxygen atoms in total. The van der Waals surface area contributed by atoms with Crippen LogP contribution in [-0.2, 0) is 32.3 Å². The van der Waals surface area contributed by atoms with Crippen LogP contribution >= 0.6 is 13.8 Å². The molecule has 0 unspecified atom stereocenters. The second-order valence-electron chi connectivity index (χ2n) is 18.9. The van der Waals surface area contributed by atoms with Crippen LogP contribution in [-0.4, -0.2) is 39.9 Å². The molecule has 0 radical (unpaired) electrons. The lowest BCUT2D eigenvalue weighted by molar-refractivity contribution is -0.137. The van der Waals surface area contributed by atoms with Gasteiger partial charge in [0.15, 0.2) is 0 Å². The number of carbonyl (C=O) groups is 4. The first-order valence-corrected chi connectivity index (χ1v) is 30.8. The van der Waals surface area contributed by atoms with Gasteiger partial charge in [0.1, 0.15) is 18.5 Å². The van der Waals surface area contributed by atoms with Gasteiger partial charge in [0.2, 0.25) is 5.78 Å². The maximum Gasteiger partial charge on any atom is 0.343 e. The third kappa shape index (κ3) is 15.2. The summed E-state index contributed by atoms with van der Waals surface area (Å²) >= 11 is 0. The molecule has 10 aromatic rings. The van der Waals surface area contributed by atoms with Crippen molar-refractivity contribution in [3.05, 3.63) is 337 Å². The van der Waals surface area contributed by atoms with Gasteiger partial charge in [-0.3, -0.25) is 4.79 Å². The highest BCUT2D eigenvalue weighted by molar-refractivity contribution is 7.98. The largest absolute Gasteiger partial charge is 0.478 e. The van der Waals surface area contributed by atoms with Gasteiger partial charge < -0.3 is 14.6 Å². The van der Waals surface area contributed by atoms with Gasteiger partial charge in [-0.25, -0.2) is 14.4 Å². The number of esters is 2. The van der Waals surface area contributed by atoms with Crippen LogP contribution in [0, 0.1) is 0 Å². The highest BCUT2D eigenvalue weighted by Crippen LogP contribution is 2.47. The van der Waals surface area contributed by atoms with E-state index >= 15 is 0 Å². The first-order valence-electron chi connectivity index (χ1n) is 27.2. The van der Waals surface area contributed by atoms with Gasteiger partial charge in [0.25, 0.3) is 0 Å². The number of carboxylic acids is 1. The number of aromatic carboxylic acids is 1. The predicted octanol–water partition coefficient (Wildman–Crippen LogP) is 13.8. The van der Waals surface area contributed by atoms with E-state index in [0.717, 1.165) is 54.1 Å². The molecule has 0 saturated heterocycles. The summed E-state index contributed by atoms with van der Waals surface area (Å²) in [6.07, 6.45) is 7.76. The quantitative estimate of drug-likeness (QED) is 0.0419. The number of allylic oxidation sites excluding steroid dienone is 2. The van der Waals surface area contributed by atoms with Crippen LogP contribution in [0.5, 0.6) is 0 Å². The molecule has 10 rings (SSSR count). The topological polar surface area (TPSA) is 107 Å². The summed E-state index contributed by atoms with van der Waals surface area (Å²) in [6.45, 7) is -1.14. The Hall–Kier alpha value is -9.64. The molecule has 0 heterocycles. The summed E-state index contributed by atoms with van der Waals surface area (Å²) in [4.78, 5) is 52.7. The van der Waals surface area contributed by atoms with Gasteiger partial charge >= 0.3 is 17.9 Å². The molecule has 0 saturated carbocycles. The number of ketones is 1. The predicted molar refractivity (Wildman–Crippen MR) is 347 cm³/mol. The summed E-state index contributed by atoms with van der Waals surface area (Å²) in [5, 5.41) is 14.8. The normalized spacial score (nSPS) is 11.0. The number of ether oxygens (including phenoxy) is 2. The second-order valence-corrected chi connectivity index (χ2v) is 25.5. The lowest BCUT2D eigenvalue weighted by Gasteiger charge is -2.31. The van der Waals surface area contributed by atoms with E-state index in [-0.39, 0.29) is 30.3 Å². The molecular weight excluding hydrogens is 1060 g/mol. The van der Waals surface area contributed by atoms with Crippen molar-refractivity contribution in [2.45, 2.75) is 27.1 Å². The zero-order valence-electron chi connectivity index (χ0n) is 46.3. The van der Waals surface area contributed by atoms with Gasteiger partial charge in [0.05, 0.1) is 5.56 Å². The minimum Gasteiger partial charge on any atom is -0.478 e. The van der Waals surface area contributed by atoms with Gasteiger partial charge in [0, 0.05) is 11.4 Å². The number of hydrogen-bond donors (Lipinski definition) is 1. The van der Waals surface area contributed by atoms with Crippen LogP contribution in [0.3, 0.4) is 0 Å². The van der Waals surface area contributed by atoms with E-state index in [4.69, 9.17) is 14.6 Å². The molecule has 0 aliphatic carbocycles. The lowest BCUT2D eigenvalue weighted by Crippen LogP contribution is -2.38. The van der Waals surface area contributed by atoms with Crippen LogP contribution < -0.4 is 31.8 Å². The number of hydrogen-bond acceptors (Lipinski definition) is 6. The monoisotopic (exact) mass is 1130 g/mol. The van der Waals surface area contributed by atoms with Crippen molar-refractivity contribution in [2.24, 2.45) is 0 Å². The van der Waals surface area contributed by atoms with Crippen LogP contribution in [0.4, 0.5) is 0 Å². The van der Waals surface area contributed by atoms with Gasteiger partial charge in [-0.1, -0.05) is 303 Å². The number of rotatable bonds is 17. The molecule has 0 fully saturated rings. The average molecular weight is 1130 g/mol. The molecule has 1 N–H and O–H groups in total. The fourth-order valence-corrected chi connectivity index (χ4v) is 17.5. The molecule has 0 aliphatic rings. The maximum absolute atomic E-state index is 14.7. The summed E-state index contributed by atoms with van der Waals surface area (Å²) in [6, 6.07) is 93.9. The third-order valence-electron chi connectivity index (χ3n) is 13.4. The fourth-order valence-electron chi connectivity index (χ4n) is 9.55. The molecule has 0 atom stereocenters. The Balaban J connectivity index is 0.000000186. The van der Waals surface area contributed by atoms with Gasteiger partial charge in [-0.2, -0.15) is 0 Å². The minimum atomic E-state index is -3.01. The molecule has 0 amide bonds. The first kappa shape index (κ1) is 59.5. The van der Waals surface area contributed by atoms with Crippen molar-refractivity contribution in [1.29, 1.82) is 0 Å². The van der Waals surface area contributed by atoms with E-state index in [1.165, 1.54) is 0 Å². The fraction of sp³-hybridized carbons (Fsp3) is 0.0541. The summed E-state index contributed by atoms with van der Waals surface area (Å²) < 4.78 is 11.7. The van der Waals surface area contributed by atoms with E-state index in [0.29, 0.717) is 11.1 Å². The Kier molecular flexibility index (Phi) is 21.7. The highest BCUT2D eigenvalue weighted by Gasteiger charge is 2.38. The smallest absolute Gasteiger partial charge is 0.343 e. The molecule has 83 heavy (non-hydrogen) atoms. The maximum atomic E-state index is 14.7. The minimum absolute atomic E-state index is 0.0645. The third-order valence-corrected chi connectivity index (χ3v) is 21.7. The number of Topliss-reactive ketones (excluding diaryl/α,β-unsaturated/α-hetero) is 1. The number of benzene rings is 10. The zero-order chi connectivity index (χ0) is 58.1. The molecule has 412 valence electrons. The average Bonchev–Trinajstić information content (AvgIpc) is 3.69. The molecule has 0 aromatic heterocycles. The molecular formula is C74H64O7P2. The van der Waals surface area contributed by atoms with Crippen molar-refractivity contribution in [3.63, 3.8) is 0 Å². The molecule has 0 spiro atoms. The van der Waals surface area contributed by atoms with Gasteiger partial charge in [-0.15, -0.1) is 0 Å². The molecule has 0 aliphatic heterocycles. The van der Waals surface area contributed by atoms with Crippen molar-refractivity contribution in [1.82, 2.24) is 0 Å². The number of carboxylic acid groups (broad SMARTS) is 1. The van der Waals surface area contributed by atoms with Crippen molar-refractivity contribution in [3.8, 4) is 0 Å². The lowest BCUT2D eigenvalue weighted by atomic mass is 10.1.